The van der Waals surface area contributed by atoms with Crippen LogP contribution in [0.15, 0.2) is 229 Å². The molecule has 66 heavy (non-hydrogen) atoms. The Bertz CT molecular complexity index is 3860. The molecule has 13 rings (SSSR count). The summed E-state index contributed by atoms with van der Waals surface area (Å²) < 4.78 is 9.01. The molecule has 0 atom stereocenters. The Morgan fingerprint density at radius 3 is 1.53 bits per heavy atom. The lowest BCUT2D eigenvalue weighted by Crippen LogP contribution is -2.01. The fourth-order valence-corrected chi connectivity index (χ4v) is 9.55. The lowest BCUT2D eigenvalue weighted by molar-refractivity contribution is 0.620. The van der Waals surface area contributed by atoms with E-state index in [-0.39, 0.29) is 0 Å². The number of fused-ring (bicyclic) bond motifs is 8. The number of rotatable bonds is 7. The fraction of sp³-hybridized carbons (Fsp3) is 0. The fourth-order valence-electron chi connectivity index (χ4n) is 9.55. The minimum Gasteiger partial charge on any atom is -0.436 e. The van der Waals surface area contributed by atoms with Gasteiger partial charge in [0.25, 0.3) is 0 Å². The van der Waals surface area contributed by atoms with Crippen LogP contribution in [0.25, 0.3) is 128 Å². The van der Waals surface area contributed by atoms with Crippen molar-refractivity contribution in [2.75, 3.05) is 0 Å². The molecule has 0 saturated carbocycles. The van der Waals surface area contributed by atoms with E-state index in [2.05, 4.69) is 174 Å². The van der Waals surface area contributed by atoms with Gasteiger partial charge in [-0.15, -0.1) is 0 Å². The third-order valence-electron chi connectivity index (χ3n) is 12.6. The summed E-state index contributed by atoms with van der Waals surface area (Å²) in [5.41, 5.74) is 12.7. The molecule has 0 aliphatic heterocycles. The van der Waals surface area contributed by atoms with Gasteiger partial charge >= 0.3 is 0 Å². The molecule has 0 bridgehead atoms. The molecule has 13 aromatic rings. The predicted octanol–water partition coefficient (Wildman–Crippen LogP) is 15.4. The number of benzene rings is 10. The average Bonchev–Trinajstić information content (AvgIpc) is 3.98. The van der Waals surface area contributed by atoms with Crippen LogP contribution in [0.4, 0.5) is 0 Å². The molecule has 0 aliphatic rings. The van der Waals surface area contributed by atoms with Crippen molar-refractivity contribution in [1.29, 1.82) is 0 Å². The molecule has 0 aliphatic carbocycles. The summed E-state index contributed by atoms with van der Waals surface area (Å²) >= 11 is 0. The van der Waals surface area contributed by atoms with Gasteiger partial charge in [-0.05, 0) is 86.9 Å². The number of hydrogen-bond donors (Lipinski definition) is 0. The first-order chi connectivity index (χ1) is 32.7. The first-order valence-corrected chi connectivity index (χ1v) is 22.1. The maximum absolute atomic E-state index is 6.63. The second-order valence-electron chi connectivity index (χ2n) is 16.6. The van der Waals surface area contributed by atoms with E-state index in [1.165, 1.54) is 0 Å². The van der Waals surface area contributed by atoms with Crippen molar-refractivity contribution in [3.05, 3.63) is 224 Å². The van der Waals surface area contributed by atoms with Gasteiger partial charge in [-0.1, -0.05) is 176 Å². The van der Waals surface area contributed by atoms with Crippen LogP contribution in [-0.2, 0) is 0 Å². The van der Waals surface area contributed by atoms with Gasteiger partial charge in [0.2, 0.25) is 5.89 Å². The van der Waals surface area contributed by atoms with Crippen LogP contribution in [0.2, 0.25) is 0 Å². The third-order valence-corrected chi connectivity index (χ3v) is 12.6. The van der Waals surface area contributed by atoms with Crippen molar-refractivity contribution in [3.8, 4) is 73.6 Å². The van der Waals surface area contributed by atoms with Gasteiger partial charge in [0.1, 0.15) is 5.52 Å². The Balaban J connectivity index is 1.06. The Kier molecular flexibility index (Phi) is 8.74. The smallest absolute Gasteiger partial charge is 0.227 e. The van der Waals surface area contributed by atoms with Gasteiger partial charge < -0.3 is 8.98 Å². The van der Waals surface area contributed by atoms with Gasteiger partial charge in [-0.25, -0.2) is 19.9 Å². The SMILES string of the molecule is c1ccc(-c2cc(-c3ccccc3)cc(-c3nc4cc(-n5c6ccccc6c6ccc7c8ccccc8cc(-c8nc(-c9ccccc9)nc(-c9ccccc9)n8)c7c65)ccc4o3)c2)cc1. The number of aromatic nitrogens is 5. The van der Waals surface area contributed by atoms with Crippen LogP contribution in [0.3, 0.4) is 0 Å². The molecule has 0 unspecified atom stereocenters. The molecule has 0 saturated heterocycles. The summed E-state index contributed by atoms with van der Waals surface area (Å²) in [6, 6.07) is 78.2. The summed E-state index contributed by atoms with van der Waals surface area (Å²) in [5.74, 6) is 2.40. The van der Waals surface area contributed by atoms with Crippen LogP contribution in [0.1, 0.15) is 0 Å². The zero-order valence-corrected chi connectivity index (χ0v) is 35.5. The quantitative estimate of drug-likeness (QED) is 0.150. The first kappa shape index (κ1) is 37.5. The van der Waals surface area contributed by atoms with E-state index in [9.17, 15) is 0 Å². The molecule has 0 radical (unpaired) electrons. The molecule has 0 spiro atoms. The van der Waals surface area contributed by atoms with Crippen molar-refractivity contribution in [3.63, 3.8) is 0 Å². The van der Waals surface area contributed by atoms with Crippen molar-refractivity contribution < 1.29 is 4.42 Å². The van der Waals surface area contributed by atoms with Crippen molar-refractivity contribution in [1.82, 2.24) is 24.5 Å². The van der Waals surface area contributed by atoms with E-state index in [0.717, 1.165) is 99.1 Å². The number of oxazole rings is 1. The van der Waals surface area contributed by atoms with E-state index in [1.54, 1.807) is 0 Å². The van der Waals surface area contributed by atoms with E-state index in [1.807, 2.05) is 54.6 Å². The topological polar surface area (TPSA) is 69.6 Å². The second-order valence-corrected chi connectivity index (χ2v) is 16.6. The van der Waals surface area contributed by atoms with Gasteiger partial charge in [0, 0.05) is 44.1 Å². The molecule has 0 amide bonds. The summed E-state index contributed by atoms with van der Waals surface area (Å²) in [4.78, 5) is 20.9. The van der Waals surface area contributed by atoms with Gasteiger partial charge in [-0.2, -0.15) is 0 Å². The molecule has 6 heteroatoms. The maximum atomic E-state index is 6.63. The largest absolute Gasteiger partial charge is 0.436 e. The molecule has 3 aromatic heterocycles. The predicted molar refractivity (Wildman–Crippen MR) is 269 cm³/mol. The zero-order valence-electron chi connectivity index (χ0n) is 35.5. The standard InChI is InChI=1S/C60H37N5O/c1-5-17-38(18-6-1)43-33-44(39-19-7-2-8-20-39)35-45(34-43)60-61-52-37-46(29-32-54(52)66-60)65-53-28-16-15-27-48(53)50-31-30-49-47-26-14-13-25-42(47)36-51(55(49)56(50)65)59-63-57(40-21-9-3-10-22-40)62-58(64-59)41-23-11-4-12-24-41/h1-37H. The molecule has 6 nitrogen and oxygen atoms in total. The van der Waals surface area contributed by atoms with Crippen LogP contribution < -0.4 is 0 Å². The number of para-hydroxylation sites is 1. The number of nitrogens with zero attached hydrogens (tertiary/aromatic N) is 5. The van der Waals surface area contributed by atoms with Crippen molar-refractivity contribution >= 4 is 54.5 Å². The van der Waals surface area contributed by atoms with Gasteiger partial charge in [0.05, 0.1) is 11.0 Å². The van der Waals surface area contributed by atoms with E-state index in [4.69, 9.17) is 24.4 Å². The minimum atomic E-state index is 0.566. The normalized spacial score (nSPS) is 11.6. The zero-order chi connectivity index (χ0) is 43.6. The summed E-state index contributed by atoms with van der Waals surface area (Å²) in [7, 11) is 0. The van der Waals surface area contributed by atoms with Crippen molar-refractivity contribution in [2.24, 2.45) is 0 Å². The Morgan fingerprint density at radius 1 is 0.348 bits per heavy atom. The minimum absolute atomic E-state index is 0.566. The second kappa shape index (κ2) is 15.4. The highest BCUT2D eigenvalue weighted by molar-refractivity contribution is 6.26. The lowest BCUT2D eigenvalue weighted by atomic mass is 9.94. The average molecular weight is 844 g/mol. The summed E-state index contributed by atoms with van der Waals surface area (Å²) in [6.45, 7) is 0. The van der Waals surface area contributed by atoms with Crippen molar-refractivity contribution in [2.45, 2.75) is 0 Å². The number of hydrogen-bond acceptors (Lipinski definition) is 5. The Hall–Kier alpha value is -9.00. The highest BCUT2D eigenvalue weighted by Crippen LogP contribution is 2.44. The Morgan fingerprint density at radius 2 is 0.879 bits per heavy atom. The monoisotopic (exact) mass is 843 g/mol. The first-order valence-electron chi connectivity index (χ1n) is 22.1. The molecule has 0 N–H and O–H groups in total. The molecule has 308 valence electrons. The van der Waals surface area contributed by atoms with Crippen LogP contribution >= 0.6 is 0 Å². The molecule has 10 aromatic carbocycles. The highest BCUT2D eigenvalue weighted by atomic mass is 16.3. The lowest BCUT2D eigenvalue weighted by Gasteiger charge is -2.15. The summed E-state index contributed by atoms with van der Waals surface area (Å²) in [5, 5.41) is 6.69. The van der Waals surface area contributed by atoms with Crippen LogP contribution in [0.5, 0.6) is 0 Å². The van der Waals surface area contributed by atoms with Gasteiger partial charge in [0.15, 0.2) is 23.1 Å². The maximum Gasteiger partial charge on any atom is 0.227 e. The third kappa shape index (κ3) is 6.34. The van der Waals surface area contributed by atoms with E-state index >= 15 is 0 Å². The highest BCUT2D eigenvalue weighted by Gasteiger charge is 2.23. The molecular formula is C60H37N5O. The molecule has 3 heterocycles. The van der Waals surface area contributed by atoms with E-state index < -0.39 is 0 Å². The van der Waals surface area contributed by atoms with Gasteiger partial charge in [-0.3, -0.25) is 0 Å². The van der Waals surface area contributed by atoms with E-state index in [0.29, 0.717) is 28.9 Å². The van der Waals surface area contributed by atoms with Crippen LogP contribution in [0, 0.1) is 0 Å². The molecular weight excluding hydrogens is 807 g/mol. The summed E-state index contributed by atoms with van der Waals surface area (Å²) in [6.07, 6.45) is 0. The molecule has 0 fully saturated rings. The Labute approximate surface area is 379 Å². The van der Waals surface area contributed by atoms with Crippen LogP contribution in [-0.4, -0.2) is 24.5 Å².